The van der Waals surface area contributed by atoms with Crippen LogP contribution >= 0.6 is 0 Å². The summed E-state index contributed by atoms with van der Waals surface area (Å²) in [6, 6.07) is 10.2. The van der Waals surface area contributed by atoms with Gasteiger partial charge in [0, 0.05) is 32.7 Å². The molecule has 1 aliphatic rings. The number of nitro groups is 1. The number of piperazine rings is 1. The van der Waals surface area contributed by atoms with Crippen LogP contribution in [0, 0.1) is 24.0 Å². The molecule has 1 aromatic carbocycles. The van der Waals surface area contributed by atoms with Gasteiger partial charge in [0.25, 0.3) is 0 Å². The van der Waals surface area contributed by atoms with E-state index in [4.69, 9.17) is 0 Å². The Labute approximate surface area is 164 Å². The van der Waals surface area contributed by atoms with Gasteiger partial charge in [-0.15, -0.1) is 0 Å². The Morgan fingerprint density at radius 3 is 2.46 bits per heavy atom. The van der Waals surface area contributed by atoms with Crippen LogP contribution in [0.3, 0.4) is 0 Å². The van der Waals surface area contributed by atoms with Gasteiger partial charge in [-0.05, 0) is 19.4 Å². The van der Waals surface area contributed by atoms with Crippen molar-refractivity contribution in [3.8, 4) is 0 Å². The molecule has 0 saturated carbocycles. The van der Waals surface area contributed by atoms with Crippen LogP contribution in [-0.4, -0.2) is 63.1 Å². The van der Waals surface area contributed by atoms with Crippen LogP contribution in [0.1, 0.15) is 17.0 Å². The smallest absolute Gasteiger partial charge is 0.312 e. The van der Waals surface area contributed by atoms with E-state index in [1.54, 1.807) is 18.7 Å². The van der Waals surface area contributed by atoms with Crippen LogP contribution < -0.4 is 0 Å². The van der Waals surface area contributed by atoms with Crippen molar-refractivity contribution in [1.29, 1.82) is 0 Å². The van der Waals surface area contributed by atoms with Crippen molar-refractivity contribution in [3.05, 3.63) is 63.5 Å². The maximum atomic E-state index is 12.6. The maximum Gasteiger partial charge on any atom is 0.312 e. The largest absolute Gasteiger partial charge is 0.339 e. The third-order valence-corrected chi connectivity index (χ3v) is 5.01. The van der Waals surface area contributed by atoms with Crippen molar-refractivity contribution in [1.82, 2.24) is 19.6 Å². The van der Waals surface area contributed by atoms with Gasteiger partial charge in [-0.2, -0.15) is 5.10 Å². The number of benzene rings is 1. The quantitative estimate of drug-likeness (QED) is 0.564. The highest BCUT2D eigenvalue weighted by Gasteiger charge is 2.25. The lowest BCUT2D eigenvalue weighted by atomic mass is 10.2. The first kappa shape index (κ1) is 19.8. The molecule has 1 fully saturated rings. The van der Waals surface area contributed by atoms with Crippen LogP contribution in [0.25, 0.3) is 6.08 Å². The van der Waals surface area contributed by atoms with E-state index in [9.17, 15) is 14.9 Å². The number of carbonyl (C=O) groups excluding carboxylic acids is 1. The third kappa shape index (κ3) is 4.64. The van der Waals surface area contributed by atoms with Crippen molar-refractivity contribution in [2.24, 2.45) is 0 Å². The van der Waals surface area contributed by atoms with E-state index in [0.29, 0.717) is 24.5 Å². The van der Waals surface area contributed by atoms with Crippen LogP contribution in [0.5, 0.6) is 0 Å². The van der Waals surface area contributed by atoms with Gasteiger partial charge < -0.3 is 4.90 Å². The van der Waals surface area contributed by atoms with E-state index in [1.807, 2.05) is 18.2 Å². The second-order valence-electron chi connectivity index (χ2n) is 6.93. The Kier molecular flexibility index (Phi) is 6.20. The van der Waals surface area contributed by atoms with Crippen LogP contribution in [0.15, 0.2) is 36.4 Å². The summed E-state index contributed by atoms with van der Waals surface area (Å²) in [4.78, 5) is 27.3. The molecule has 0 spiro atoms. The highest BCUT2D eigenvalue weighted by Crippen LogP contribution is 2.21. The van der Waals surface area contributed by atoms with Gasteiger partial charge in [-0.3, -0.25) is 24.5 Å². The van der Waals surface area contributed by atoms with Gasteiger partial charge in [-0.25, -0.2) is 0 Å². The summed E-state index contributed by atoms with van der Waals surface area (Å²) >= 11 is 0. The number of aryl methyl sites for hydroxylation is 1. The number of hydrogen-bond acceptors (Lipinski definition) is 5. The van der Waals surface area contributed by atoms with Gasteiger partial charge in [0.2, 0.25) is 5.91 Å². The van der Waals surface area contributed by atoms with Crippen LogP contribution in [-0.2, 0) is 11.3 Å². The summed E-state index contributed by atoms with van der Waals surface area (Å²) in [5, 5.41) is 15.3. The normalized spacial score (nSPS) is 15.3. The molecule has 1 aromatic heterocycles. The summed E-state index contributed by atoms with van der Waals surface area (Å²) in [6.07, 6.45) is 4.25. The molecule has 0 aliphatic carbocycles. The van der Waals surface area contributed by atoms with Gasteiger partial charge in [0.1, 0.15) is 17.9 Å². The zero-order chi connectivity index (χ0) is 20.1. The lowest BCUT2D eigenvalue weighted by molar-refractivity contribution is -0.386. The first-order valence-electron chi connectivity index (χ1n) is 9.36. The second kappa shape index (κ2) is 8.79. The topological polar surface area (TPSA) is 84.5 Å². The fraction of sp³-hybridized carbons (Fsp3) is 0.400. The molecule has 2 heterocycles. The van der Waals surface area contributed by atoms with Gasteiger partial charge >= 0.3 is 5.69 Å². The zero-order valence-electron chi connectivity index (χ0n) is 16.2. The number of carbonyl (C=O) groups is 1. The van der Waals surface area contributed by atoms with Crippen molar-refractivity contribution in [2.75, 3.05) is 32.7 Å². The molecular weight excluding hydrogens is 358 g/mol. The first-order valence-corrected chi connectivity index (χ1v) is 9.36. The molecule has 0 unspecified atom stereocenters. The summed E-state index contributed by atoms with van der Waals surface area (Å²) in [6.45, 7) is 7.02. The molecule has 0 radical (unpaired) electrons. The van der Waals surface area contributed by atoms with E-state index < -0.39 is 4.92 Å². The fourth-order valence-corrected chi connectivity index (χ4v) is 3.42. The van der Waals surface area contributed by atoms with Crippen molar-refractivity contribution in [3.63, 3.8) is 0 Å². The monoisotopic (exact) mass is 383 g/mol. The number of rotatable bonds is 6. The van der Waals surface area contributed by atoms with E-state index >= 15 is 0 Å². The predicted octanol–water partition coefficient (Wildman–Crippen LogP) is 2.27. The number of aromatic nitrogens is 2. The molecule has 0 N–H and O–H groups in total. The summed E-state index contributed by atoms with van der Waals surface area (Å²) < 4.78 is 1.44. The minimum absolute atomic E-state index is 0.0113. The minimum atomic E-state index is -0.444. The summed E-state index contributed by atoms with van der Waals surface area (Å²) in [5.74, 6) is -0.0556. The van der Waals surface area contributed by atoms with Crippen molar-refractivity contribution >= 4 is 17.7 Å². The Bertz CT molecular complexity index is 867. The molecule has 1 aliphatic heterocycles. The molecule has 148 valence electrons. The highest BCUT2D eigenvalue weighted by atomic mass is 16.6. The molecule has 1 saturated heterocycles. The van der Waals surface area contributed by atoms with E-state index in [-0.39, 0.29) is 18.1 Å². The van der Waals surface area contributed by atoms with E-state index in [1.165, 1.54) is 10.2 Å². The Balaban J connectivity index is 1.49. The molecule has 0 atom stereocenters. The van der Waals surface area contributed by atoms with E-state index in [2.05, 4.69) is 34.3 Å². The zero-order valence-corrected chi connectivity index (χ0v) is 16.2. The number of nitrogens with zero attached hydrogens (tertiary/aromatic N) is 5. The summed E-state index contributed by atoms with van der Waals surface area (Å²) in [7, 11) is 0. The first-order chi connectivity index (χ1) is 13.5. The molecular formula is C20H25N5O3. The Morgan fingerprint density at radius 1 is 1.18 bits per heavy atom. The van der Waals surface area contributed by atoms with E-state index in [0.717, 1.165) is 19.6 Å². The third-order valence-electron chi connectivity index (χ3n) is 5.01. The lowest BCUT2D eigenvalue weighted by Crippen LogP contribution is -2.49. The molecule has 3 rings (SSSR count). The SMILES string of the molecule is Cc1nn(CC(=O)N2CCN(C/C=C/c3ccccc3)CC2)c(C)c1[N+](=O)[O-]. The highest BCUT2D eigenvalue weighted by molar-refractivity contribution is 5.76. The molecule has 28 heavy (non-hydrogen) atoms. The van der Waals surface area contributed by atoms with Crippen molar-refractivity contribution < 1.29 is 9.72 Å². The van der Waals surface area contributed by atoms with Crippen LogP contribution in [0.4, 0.5) is 5.69 Å². The lowest BCUT2D eigenvalue weighted by Gasteiger charge is -2.34. The molecule has 2 aromatic rings. The Hall–Kier alpha value is -3.00. The predicted molar refractivity (Wildman–Crippen MR) is 107 cm³/mol. The maximum absolute atomic E-state index is 12.6. The molecule has 8 nitrogen and oxygen atoms in total. The number of hydrogen-bond donors (Lipinski definition) is 0. The standard InChI is InChI=1S/C20H25N5O3/c1-16-20(25(27)28)17(2)24(21-16)15-19(26)23-13-11-22(12-14-23)10-6-9-18-7-4-3-5-8-18/h3-9H,10-15H2,1-2H3/b9-6+. The van der Waals surface area contributed by atoms with Gasteiger partial charge in [0.15, 0.2) is 0 Å². The van der Waals surface area contributed by atoms with Crippen LogP contribution in [0.2, 0.25) is 0 Å². The Morgan fingerprint density at radius 2 is 1.86 bits per heavy atom. The molecule has 1 amide bonds. The average molecular weight is 383 g/mol. The summed E-state index contributed by atoms with van der Waals surface area (Å²) in [5.41, 5.74) is 1.92. The average Bonchev–Trinajstić information content (AvgIpc) is 2.96. The van der Waals surface area contributed by atoms with Crippen molar-refractivity contribution in [2.45, 2.75) is 20.4 Å². The fourth-order valence-electron chi connectivity index (χ4n) is 3.42. The second-order valence-corrected chi connectivity index (χ2v) is 6.93. The van der Waals surface area contributed by atoms with Gasteiger partial charge in [-0.1, -0.05) is 42.5 Å². The number of amides is 1. The minimum Gasteiger partial charge on any atom is -0.339 e. The molecule has 0 bridgehead atoms. The molecule has 8 heteroatoms. The van der Waals surface area contributed by atoms with Gasteiger partial charge in [0.05, 0.1) is 4.92 Å².